The minimum Gasteiger partial charge on any atom is -0.445 e. The Morgan fingerprint density at radius 3 is 2.42 bits per heavy atom. The summed E-state index contributed by atoms with van der Waals surface area (Å²) in [5.41, 5.74) is -0.440. The van der Waals surface area contributed by atoms with Crippen LogP contribution in [0.1, 0.15) is 12.6 Å². The predicted molar refractivity (Wildman–Crippen MR) is 36.7 cm³/mol. The van der Waals surface area contributed by atoms with Crippen LogP contribution in [0.2, 0.25) is 0 Å². The summed E-state index contributed by atoms with van der Waals surface area (Å²) >= 11 is 0. The van der Waals surface area contributed by atoms with Crippen LogP contribution in [0.15, 0.2) is 6.20 Å². The van der Waals surface area contributed by atoms with Gasteiger partial charge in [-0.1, -0.05) is 12.4 Å². The summed E-state index contributed by atoms with van der Waals surface area (Å²) in [6.45, 7) is -3.24. The molecule has 0 fully saturated rings. The van der Waals surface area contributed by atoms with E-state index in [1.165, 1.54) is 0 Å². The Morgan fingerprint density at radius 2 is 2.08 bits per heavy atom. The monoisotopic (exact) mass is 202 g/mol. The van der Waals surface area contributed by atoms with E-state index in [9.17, 15) is 12.9 Å². The van der Waals surface area contributed by atoms with Gasteiger partial charge in [0.2, 0.25) is 0 Å². The van der Waals surface area contributed by atoms with Crippen LogP contribution in [-0.4, -0.2) is 17.2 Å². The first-order chi connectivity index (χ1) is 5.05. The normalized spacial score (nSPS) is 11.0. The van der Waals surface area contributed by atoms with Crippen LogP contribution in [0.5, 0.6) is 0 Å². The van der Waals surface area contributed by atoms with Crippen LogP contribution in [0.4, 0.5) is 12.9 Å². The van der Waals surface area contributed by atoms with Gasteiger partial charge >= 0.3 is 58.4 Å². The van der Waals surface area contributed by atoms with Gasteiger partial charge in [0, 0.05) is 11.9 Å². The van der Waals surface area contributed by atoms with Gasteiger partial charge in [0.25, 0.3) is 0 Å². The van der Waals surface area contributed by atoms with Crippen LogP contribution < -0.4 is 56.8 Å². The minimum absolute atomic E-state index is 0. The van der Waals surface area contributed by atoms with Gasteiger partial charge in [0.05, 0.1) is 0 Å². The maximum absolute atomic E-state index is 12.1. The topological polar surface area (TPSA) is 28.7 Å². The van der Waals surface area contributed by atoms with E-state index in [-0.39, 0.29) is 57.1 Å². The summed E-state index contributed by atoms with van der Waals surface area (Å²) in [4.78, 5) is 0. The van der Waals surface area contributed by atoms with Crippen LogP contribution >= 0.6 is 0 Å². The third-order valence-electron chi connectivity index (χ3n) is 1.46. The number of aryl methyl sites for hydroxylation is 1. The Hall–Kier alpha value is 0.701. The van der Waals surface area contributed by atoms with Crippen LogP contribution in [0.3, 0.4) is 0 Å². The molecule has 0 aromatic carbocycles. The number of nitrogens with one attached hydrogen (secondary N) is 1. The average molecular weight is 202 g/mol. The van der Waals surface area contributed by atoms with Gasteiger partial charge in [-0.05, 0) is 6.42 Å². The summed E-state index contributed by atoms with van der Waals surface area (Å²) in [6, 6.07) is 0. The van der Waals surface area contributed by atoms with E-state index in [2.05, 4.69) is 10.2 Å². The van der Waals surface area contributed by atoms with Gasteiger partial charge in [-0.3, -0.25) is 5.10 Å². The van der Waals surface area contributed by atoms with Gasteiger partial charge in [0.1, 0.15) is 0 Å². The van der Waals surface area contributed by atoms with Gasteiger partial charge < -0.3 is 12.9 Å². The first-order valence-corrected chi connectivity index (χ1v) is 3.27. The molecule has 7 heteroatoms. The summed E-state index contributed by atoms with van der Waals surface area (Å²) in [7, 11) is 0. The fourth-order valence-corrected chi connectivity index (χ4v) is 0.887. The second kappa shape index (κ2) is 4.80. The molecule has 0 spiro atoms. The van der Waals surface area contributed by atoms with E-state index >= 15 is 0 Å². The first-order valence-electron chi connectivity index (χ1n) is 3.27. The van der Waals surface area contributed by atoms with Crippen molar-refractivity contribution in [2.45, 2.75) is 13.3 Å². The third-order valence-corrected chi connectivity index (χ3v) is 1.46. The first kappa shape index (κ1) is 12.7. The van der Waals surface area contributed by atoms with Gasteiger partial charge in [0.15, 0.2) is 0 Å². The standard InChI is InChI=1S/C5H7BF3N2.K/c1-2-5-4(3-10-11-5)6(7,8)9;/h3H,2H2,1H3,(H,10,11);/q-1;+1. The number of rotatable bonds is 2. The molecule has 1 heterocycles. The van der Waals surface area contributed by atoms with Crippen LogP contribution in [-0.2, 0) is 6.42 Å². The molecule has 1 N–H and O–H groups in total. The summed E-state index contributed by atoms with van der Waals surface area (Å²) in [5.74, 6) is 0. The average Bonchev–Trinajstić information content (AvgIpc) is 2.31. The molecular weight excluding hydrogens is 195 g/mol. The van der Waals surface area contributed by atoms with Crippen molar-refractivity contribution in [1.82, 2.24) is 10.2 Å². The fourth-order valence-electron chi connectivity index (χ4n) is 0.887. The van der Waals surface area contributed by atoms with Crippen LogP contribution in [0, 0.1) is 0 Å². The zero-order chi connectivity index (χ0) is 8.48. The van der Waals surface area contributed by atoms with Crippen molar-refractivity contribution in [1.29, 1.82) is 0 Å². The molecule has 0 bridgehead atoms. The van der Waals surface area contributed by atoms with Gasteiger partial charge in [-0.25, -0.2) is 0 Å². The summed E-state index contributed by atoms with van der Waals surface area (Å²) in [6.07, 6.45) is 1.16. The molecule has 0 saturated carbocycles. The van der Waals surface area contributed by atoms with Crippen molar-refractivity contribution < 1.29 is 64.3 Å². The van der Waals surface area contributed by atoms with Crippen molar-refractivity contribution in [2.24, 2.45) is 0 Å². The molecule has 0 saturated heterocycles. The van der Waals surface area contributed by atoms with E-state index in [4.69, 9.17) is 0 Å². The molecule has 1 aromatic heterocycles. The van der Waals surface area contributed by atoms with Crippen molar-refractivity contribution >= 4 is 12.4 Å². The Bertz CT molecular complexity index is 247. The Morgan fingerprint density at radius 1 is 1.50 bits per heavy atom. The Labute approximate surface area is 111 Å². The van der Waals surface area contributed by atoms with Crippen molar-refractivity contribution in [2.75, 3.05) is 0 Å². The molecule has 12 heavy (non-hydrogen) atoms. The van der Waals surface area contributed by atoms with E-state index in [1.807, 2.05) is 0 Å². The number of nitrogens with zero attached hydrogens (tertiary/aromatic N) is 1. The molecular formula is C5H7BF3KN2. The van der Waals surface area contributed by atoms with E-state index in [0.29, 0.717) is 6.42 Å². The SMILES string of the molecule is CCc1[nH]ncc1[B-](F)(F)F.[K+]. The van der Waals surface area contributed by atoms with E-state index in [1.54, 1.807) is 6.92 Å². The number of hydrogen-bond acceptors (Lipinski definition) is 1. The molecule has 0 unspecified atom stereocenters. The molecule has 0 aliphatic rings. The third kappa shape index (κ3) is 2.88. The maximum atomic E-state index is 12.1. The quantitative estimate of drug-likeness (QED) is 0.554. The van der Waals surface area contributed by atoms with Crippen molar-refractivity contribution in [3.63, 3.8) is 0 Å². The molecule has 1 rings (SSSR count). The number of halogens is 3. The smallest absolute Gasteiger partial charge is 0.445 e. The number of hydrogen-bond donors (Lipinski definition) is 1. The predicted octanol–water partition coefficient (Wildman–Crippen LogP) is -1.97. The molecule has 62 valence electrons. The number of aromatic nitrogens is 2. The Balaban J connectivity index is 0.00000121. The molecule has 0 aliphatic carbocycles. The van der Waals surface area contributed by atoms with Gasteiger partial charge in [-0.15, -0.1) is 0 Å². The molecule has 0 atom stereocenters. The largest absolute Gasteiger partial charge is 1.00 e. The molecule has 1 aromatic rings. The number of aromatic amines is 1. The maximum Gasteiger partial charge on any atom is 1.00 e. The van der Waals surface area contributed by atoms with Crippen LogP contribution in [0.25, 0.3) is 0 Å². The van der Waals surface area contributed by atoms with E-state index in [0.717, 1.165) is 6.20 Å². The summed E-state index contributed by atoms with van der Waals surface area (Å²) in [5, 5.41) is 5.64. The van der Waals surface area contributed by atoms with Gasteiger partial charge in [-0.2, -0.15) is 5.10 Å². The van der Waals surface area contributed by atoms with Crippen molar-refractivity contribution in [3.8, 4) is 0 Å². The second-order valence-corrected chi connectivity index (χ2v) is 2.23. The number of H-pyrrole nitrogens is 1. The summed E-state index contributed by atoms with van der Waals surface area (Å²) < 4.78 is 36.2. The minimum atomic E-state index is -4.89. The molecule has 0 radical (unpaired) electrons. The zero-order valence-electron chi connectivity index (χ0n) is 6.94. The molecule has 0 aliphatic heterocycles. The fraction of sp³-hybridized carbons (Fsp3) is 0.400. The van der Waals surface area contributed by atoms with Crippen molar-refractivity contribution in [3.05, 3.63) is 11.9 Å². The van der Waals surface area contributed by atoms with E-state index < -0.39 is 12.4 Å². The molecule has 2 nitrogen and oxygen atoms in total. The molecule has 0 amide bonds. The second-order valence-electron chi connectivity index (χ2n) is 2.23. The zero-order valence-corrected chi connectivity index (χ0v) is 10.1. The Kier molecular flexibility index (Phi) is 5.08.